The van der Waals surface area contributed by atoms with Crippen molar-refractivity contribution in [2.24, 2.45) is 0 Å². The lowest BCUT2D eigenvalue weighted by molar-refractivity contribution is -0.423. The molecule has 1 unspecified atom stereocenters. The first-order valence-electron chi connectivity index (χ1n) is 12.9. The molecule has 2 aromatic rings. The van der Waals surface area contributed by atoms with Crippen LogP contribution in [0, 0.1) is 10.1 Å². The average Bonchev–Trinajstić information content (AvgIpc) is 2.95. The van der Waals surface area contributed by atoms with Gasteiger partial charge in [0, 0.05) is 32.7 Å². The topological polar surface area (TPSA) is 82.0 Å². The van der Waals surface area contributed by atoms with Crippen LogP contribution in [0.4, 0.5) is 8.78 Å². The van der Waals surface area contributed by atoms with Gasteiger partial charge in [-0.3, -0.25) is 19.8 Å². The maximum atomic E-state index is 13.4. The highest BCUT2D eigenvalue weighted by Crippen LogP contribution is 2.35. The molecule has 10 heteroatoms. The Hall–Kier alpha value is -4.31. The van der Waals surface area contributed by atoms with Crippen LogP contribution in [0.15, 0.2) is 108 Å². The third kappa shape index (κ3) is 5.46. The van der Waals surface area contributed by atoms with E-state index in [0.29, 0.717) is 37.6 Å². The fraction of sp³-hybridized carbons (Fsp3) is 0.276. The van der Waals surface area contributed by atoms with E-state index in [1.165, 1.54) is 4.90 Å². The number of hydrogen-bond donors (Lipinski definition) is 1. The Bertz CT molecular complexity index is 1290. The van der Waals surface area contributed by atoms with E-state index < -0.39 is 28.7 Å². The summed E-state index contributed by atoms with van der Waals surface area (Å²) in [4.78, 5) is 30.5. The molecular weight excluding hydrogens is 504 g/mol. The minimum atomic E-state index is -1.85. The number of carbonyl (C=O) groups is 1. The highest BCUT2D eigenvalue weighted by atomic mass is 19.3. The van der Waals surface area contributed by atoms with Gasteiger partial charge in [-0.1, -0.05) is 60.7 Å². The highest BCUT2D eigenvalue weighted by molar-refractivity contribution is 5.95. The number of fused-ring (bicyclic) bond motifs is 1. The molecule has 3 aliphatic heterocycles. The molecule has 0 saturated carbocycles. The van der Waals surface area contributed by atoms with E-state index in [1.807, 2.05) is 41.3 Å². The summed E-state index contributed by atoms with van der Waals surface area (Å²) in [5.74, 6) is -0.781. The van der Waals surface area contributed by atoms with Crippen LogP contribution in [0.25, 0.3) is 0 Å². The first-order chi connectivity index (χ1) is 19.0. The summed E-state index contributed by atoms with van der Waals surface area (Å²) in [6.07, 6.45) is 3.85. The van der Waals surface area contributed by atoms with Gasteiger partial charge in [0.25, 0.3) is 6.08 Å². The van der Waals surface area contributed by atoms with Gasteiger partial charge in [-0.25, -0.2) is 0 Å². The van der Waals surface area contributed by atoms with E-state index in [0.717, 1.165) is 17.2 Å². The number of amides is 1. The number of dihydropyridines is 1. The van der Waals surface area contributed by atoms with Gasteiger partial charge < -0.3 is 15.1 Å². The Morgan fingerprint density at radius 2 is 1.64 bits per heavy atom. The second kappa shape index (κ2) is 11.6. The molecule has 202 valence electrons. The fourth-order valence-electron chi connectivity index (χ4n) is 5.58. The second-order valence-electron chi connectivity index (χ2n) is 9.53. The normalized spacial score (nSPS) is 19.5. The zero-order valence-electron chi connectivity index (χ0n) is 21.2. The maximum Gasteiger partial charge on any atom is 0.355 e. The standard InChI is InChI=1S/C29H29F2N5O3/c30-24(31)14-8-16-35-23-13-7-15-32-25(23)27(28(29(35)37)36(38)39)34-19-17-33(18-20-34)26(21-9-3-1-4-10-21)22-11-5-2-6-12-22/h1-7,9-15,25-26,32H,8,16-20H2. The Kier molecular flexibility index (Phi) is 7.83. The number of nitro groups is 1. The van der Waals surface area contributed by atoms with Crippen LogP contribution in [-0.2, 0) is 4.79 Å². The molecule has 8 nitrogen and oxygen atoms in total. The zero-order valence-corrected chi connectivity index (χ0v) is 21.2. The van der Waals surface area contributed by atoms with E-state index in [9.17, 15) is 23.7 Å². The van der Waals surface area contributed by atoms with Gasteiger partial charge in [0.05, 0.1) is 16.7 Å². The van der Waals surface area contributed by atoms with E-state index in [-0.39, 0.29) is 19.0 Å². The summed E-state index contributed by atoms with van der Waals surface area (Å²) in [6.45, 7) is 2.15. The first kappa shape index (κ1) is 26.3. The average molecular weight is 534 g/mol. The highest BCUT2D eigenvalue weighted by Gasteiger charge is 2.47. The summed E-state index contributed by atoms with van der Waals surface area (Å²) in [5.41, 5.74) is 2.65. The molecule has 1 saturated heterocycles. The van der Waals surface area contributed by atoms with E-state index in [4.69, 9.17) is 0 Å². The number of benzene rings is 2. The molecule has 1 fully saturated rings. The van der Waals surface area contributed by atoms with Gasteiger partial charge in [0.15, 0.2) is 0 Å². The van der Waals surface area contributed by atoms with Gasteiger partial charge in [-0.2, -0.15) is 8.78 Å². The predicted octanol–water partition coefficient (Wildman–Crippen LogP) is 4.26. The van der Waals surface area contributed by atoms with E-state index in [1.54, 1.807) is 18.4 Å². The maximum absolute atomic E-state index is 13.4. The lowest BCUT2D eigenvalue weighted by Crippen LogP contribution is -2.56. The third-order valence-corrected chi connectivity index (χ3v) is 7.28. The van der Waals surface area contributed by atoms with E-state index in [2.05, 4.69) is 34.5 Å². The molecule has 0 spiro atoms. The van der Waals surface area contributed by atoms with Gasteiger partial charge in [0.2, 0.25) is 0 Å². The van der Waals surface area contributed by atoms with Crippen molar-refractivity contribution in [3.63, 3.8) is 0 Å². The molecule has 3 heterocycles. The number of nitrogens with zero attached hydrogens (tertiary/aromatic N) is 4. The van der Waals surface area contributed by atoms with Crippen LogP contribution in [0.2, 0.25) is 0 Å². The van der Waals surface area contributed by atoms with Crippen molar-refractivity contribution in [1.29, 1.82) is 0 Å². The molecule has 3 aliphatic rings. The Labute approximate surface area is 225 Å². The molecule has 0 aromatic heterocycles. The summed E-state index contributed by atoms with van der Waals surface area (Å²) in [7, 11) is 0. The molecule has 2 aromatic carbocycles. The van der Waals surface area contributed by atoms with E-state index >= 15 is 0 Å². The Balaban J connectivity index is 1.43. The number of piperazine rings is 1. The molecule has 0 aliphatic carbocycles. The van der Waals surface area contributed by atoms with Crippen molar-refractivity contribution < 1.29 is 18.5 Å². The zero-order chi connectivity index (χ0) is 27.4. The van der Waals surface area contributed by atoms with Crippen LogP contribution < -0.4 is 5.32 Å². The van der Waals surface area contributed by atoms with Gasteiger partial charge in [-0.15, -0.1) is 0 Å². The molecule has 0 radical (unpaired) electrons. The summed E-state index contributed by atoms with van der Waals surface area (Å²) < 4.78 is 25.3. The van der Waals surface area contributed by atoms with Crippen molar-refractivity contribution >= 4 is 5.91 Å². The molecule has 1 N–H and O–H groups in total. The van der Waals surface area contributed by atoms with Crippen molar-refractivity contribution in [3.8, 4) is 0 Å². The summed E-state index contributed by atoms with van der Waals surface area (Å²) >= 11 is 0. The Morgan fingerprint density at radius 1 is 1.03 bits per heavy atom. The molecule has 5 rings (SSSR count). The molecule has 0 bridgehead atoms. The largest absolute Gasteiger partial charge is 0.377 e. The first-order valence-corrected chi connectivity index (χ1v) is 12.9. The van der Waals surface area contributed by atoms with Crippen LogP contribution in [0.1, 0.15) is 23.6 Å². The molecule has 39 heavy (non-hydrogen) atoms. The SMILES string of the molecule is O=C1C([N+](=O)[O-])=C(N2CCN(C(c3ccccc3)c3ccccc3)CC2)C2NC=CC=C2N1CCC=C(F)F. The van der Waals surface area contributed by atoms with Gasteiger partial charge in [0.1, 0.15) is 11.7 Å². The van der Waals surface area contributed by atoms with Crippen molar-refractivity contribution in [2.45, 2.75) is 18.5 Å². The minimum Gasteiger partial charge on any atom is -0.377 e. The lowest BCUT2D eigenvalue weighted by Gasteiger charge is -2.45. The number of halogens is 2. The monoisotopic (exact) mass is 533 g/mol. The summed E-state index contributed by atoms with van der Waals surface area (Å²) in [6, 6.07) is 19.8. The van der Waals surface area contributed by atoms with Crippen LogP contribution in [0.3, 0.4) is 0 Å². The smallest absolute Gasteiger partial charge is 0.355 e. The van der Waals surface area contributed by atoms with Gasteiger partial charge >= 0.3 is 11.6 Å². The van der Waals surface area contributed by atoms with Crippen molar-refractivity contribution in [1.82, 2.24) is 20.0 Å². The van der Waals surface area contributed by atoms with Crippen LogP contribution in [-0.4, -0.2) is 64.3 Å². The molecule has 1 atom stereocenters. The minimum absolute atomic E-state index is 0.0251. The number of carbonyl (C=O) groups excluding carboxylic acids is 1. The number of nitrogens with one attached hydrogen (secondary N) is 1. The number of hydrogen-bond acceptors (Lipinski definition) is 6. The third-order valence-electron chi connectivity index (χ3n) is 7.28. The number of rotatable bonds is 8. The number of allylic oxidation sites excluding steroid dienone is 2. The molecular formula is C29H29F2N5O3. The summed E-state index contributed by atoms with van der Waals surface area (Å²) in [5, 5.41) is 15.4. The quantitative estimate of drug-likeness (QED) is 0.403. The van der Waals surface area contributed by atoms with Crippen LogP contribution in [0.5, 0.6) is 0 Å². The van der Waals surface area contributed by atoms with Crippen LogP contribution >= 0.6 is 0 Å². The predicted molar refractivity (Wildman–Crippen MR) is 143 cm³/mol. The van der Waals surface area contributed by atoms with Gasteiger partial charge in [-0.05, 0) is 42.0 Å². The Morgan fingerprint density at radius 3 is 2.21 bits per heavy atom. The lowest BCUT2D eigenvalue weighted by atomic mass is 9.95. The second-order valence-corrected chi connectivity index (χ2v) is 9.53. The van der Waals surface area contributed by atoms with Crippen molar-refractivity contribution in [2.75, 3.05) is 32.7 Å². The van der Waals surface area contributed by atoms with Crippen molar-refractivity contribution in [3.05, 3.63) is 130 Å². The fourth-order valence-corrected chi connectivity index (χ4v) is 5.58. The molecule has 1 amide bonds.